The third-order valence-electron chi connectivity index (χ3n) is 3.29. The van der Waals surface area contributed by atoms with Gasteiger partial charge in [0.1, 0.15) is 5.04 Å². The van der Waals surface area contributed by atoms with Gasteiger partial charge in [-0.05, 0) is 30.5 Å². The molecule has 0 spiro atoms. The van der Waals surface area contributed by atoms with E-state index < -0.39 is 10.0 Å². The van der Waals surface area contributed by atoms with Crippen LogP contribution in [0.1, 0.15) is 5.56 Å². The number of rotatable bonds is 4. The molecule has 0 saturated heterocycles. The van der Waals surface area contributed by atoms with Crippen LogP contribution in [0.3, 0.4) is 0 Å². The van der Waals surface area contributed by atoms with Crippen LogP contribution in [0.4, 0.5) is 5.69 Å². The zero-order chi connectivity index (χ0) is 17.2. The van der Waals surface area contributed by atoms with Gasteiger partial charge in [-0.3, -0.25) is 4.79 Å². The molecule has 24 heavy (non-hydrogen) atoms. The fraction of sp³-hybridized carbons (Fsp3) is 0.125. The summed E-state index contributed by atoms with van der Waals surface area (Å²) in [5, 5.41) is 3.17. The monoisotopic (exact) mass is 378 g/mol. The standard InChI is InChI=1S/C16H14N2O3S3/c1-22-12-6-4-5-11(9-12)17-15(19)10-23-16-13-7-2-3-8-14(13)24(20,21)18-16/h2-9H,10H2,1H3,(H,17,19). The molecular formula is C16H14N2O3S3. The first-order valence-corrected chi connectivity index (χ1v) is 10.7. The summed E-state index contributed by atoms with van der Waals surface area (Å²) >= 11 is 2.71. The van der Waals surface area contributed by atoms with Gasteiger partial charge >= 0.3 is 0 Å². The summed E-state index contributed by atoms with van der Waals surface area (Å²) in [6.07, 6.45) is 1.97. The minimum Gasteiger partial charge on any atom is -0.325 e. The Morgan fingerprint density at radius 3 is 2.75 bits per heavy atom. The molecule has 0 aromatic heterocycles. The Labute approximate surface area is 149 Å². The highest BCUT2D eigenvalue weighted by Crippen LogP contribution is 2.30. The fourth-order valence-corrected chi connectivity index (χ4v) is 5.02. The fourth-order valence-electron chi connectivity index (χ4n) is 2.21. The van der Waals surface area contributed by atoms with E-state index in [1.165, 1.54) is 6.07 Å². The summed E-state index contributed by atoms with van der Waals surface area (Å²) in [5.74, 6) is -0.116. The van der Waals surface area contributed by atoms with Gasteiger partial charge in [0.05, 0.1) is 10.6 Å². The molecule has 0 atom stereocenters. The summed E-state index contributed by atoms with van der Waals surface area (Å²) in [6.45, 7) is 0. The highest BCUT2D eigenvalue weighted by molar-refractivity contribution is 8.16. The Morgan fingerprint density at radius 2 is 1.96 bits per heavy atom. The number of hydrogen-bond donors (Lipinski definition) is 1. The first kappa shape index (κ1) is 17.1. The lowest BCUT2D eigenvalue weighted by Crippen LogP contribution is -2.15. The quantitative estimate of drug-likeness (QED) is 0.827. The minimum absolute atomic E-state index is 0.0895. The van der Waals surface area contributed by atoms with Crippen LogP contribution in [-0.2, 0) is 14.8 Å². The molecule has 0 unspecified atom stereocenters. The SMILES string of the molecule is CSc1cccc(NC(=O)CSC2=NS(=O)(=O)c3ccccc32)c1. The van der Waals surface area contributed by atoms with Crippen molar-refractivity contribution in [2.45, 2.75) is 9.79 Å². The van der Waals surface area contributed by atoms with Crippen molar-refractivity contribution in [2.24, 2.45) is 4.40 Å². The Morgan fingerprint density at radius 1 is 1.17 bits per heavy atom. The maximum Gasteiger partial charge on any atom is 0.284 e. The molecule has 5 nitrogen and oxygen atoms in total. The number of amides is 1. The zero-order valence-corrected chi connectivity index (χ0v) is 15.2. The number of benzene rings is 2. The number of carbonyl (C=O) groups is 1. The number of anilines is 1. The largest absolute Gasteiger partial charge is 0.325 e. The van der Waals surface area contributed by atoms with Crippen molar-refractivity contribution in [2.75, 3.05) is 17.3 Å². The van der Waals surface area contributed by atoms with Gasteiger partial charge in [-0.25, -0.2) is 0 Å². The van der Waals surface area contributed by atoms with E-state index in [4.69, 9.17) is 0 Å². The molecule has 1 aliphatic rings. The van der Waals surface area contributed by atoms with Gasteiger partial charge in [-0.1, -0.05) is 36.0 Å². The topological polar surface area (TPSA) is 75.6 Å². The summed E-state index contributed by atoms with van der Waals surface area (Å²) in [7, 11) is -3.64. The number of thioether (sulfide) groups is 2. The normalized spacial score (nSPS) is 14.8. The van der Waals surface area contributed by atoms with Crippen LogP contribution in [0, 0.1) is 0 Å². The van der Waals surface area contributed by atoms with Crippen molar-refractivity contribution in [3.8, 4) is 0 Å². The van der Waals surface area contributed by atoms with Crippen LogP contribution >= 0.6 is 23.5 Å². The summed E-state index contributed by atoms with van der Waals surface area (Å²) < 4.78 is 27.7. The lowest BCUT2D eigenvalue weighted by molar-refractivity contribution is -0.113. The van der Waals surface area contributed by atoms with Gasteiger partial charge in [0.2, 0.25) is 5.91 Å². The Bertz CT molecular complexity index is 924. The number of nitrogens with zero attached hydrogens (tertiary/aromatic N) is 1. The van der Waals surface area contributed by atoms with Gasteiger partial charge in [0.15, 0.2) is 0 Å². The maximum absolute atomic E-state index is 12.1. The molecule has 2 aromatic carbocycles. The van der Waals surface area contributed by atoms with E-state index in [9.17, 15) is 13.2 Å². The summed E-state index contributed by atoms with van der Waals surface area (Å²) in [5.41, 5.74) is 1.27. The van der Waals surface area contributed by atoms with Crippen LogP contribution in [0.2, 0.25) is 0 Å². The van der Waals surface area contributed by atoms with Crippen LogP contribution in [0.15, 0.2) is 62.7 Å². The second-order valence-corrected chi connectivity index (χ2v) is 8.35. The third-order valence-corrected chi connectivity index (χ3v) is 6.46. The number of carbonyl (C=O) groups excluding carboxylic acids is 1. The molecule has 2 aromatic rings. The van der Waals surface area contributed by atoms with E-state index >= 15 is 0 Å². The lowest BCUT2D eigenvalue weighted by Gasteiger charge is -2.06. The molecule has 1 amide bonds. The highest BCUT2D eigenvalue weighted by atomic mass is 32.2. The first-order valence-electron chi connectivity index (χ1n) is 7.01. The first-order chi connectivity index (χ1) is 11.5. The van der Waals surface area contributed by atoms with Gasteiger partial charge in [0, 0.05) is 16.1 Å². The van der Waals surface area contributed by atoms with E-state index in [0.717, 1.165) is 16.7 Å². The van der Waals surface area contributed by atoms with Crippen molar-refractivity contribution < 1.29 is 13.2 Å². The zero-order valence-electron chi connectivity index (χ0n) is 12.7. The molecule has 124 valence electrons. The molecule has 0 fully saturated rings. The molecule has 0 bridgehead atoms. The summed E-state index contributed by atoms with van der Waals surface area (Å²) in [4.78, 5) is 13.4. The van der Waals surface area contributed by atoms with Crippen LogP contribution < -0.4 is 5.32 Å². The van der Waals surface area contributed by atoms with Crippen molar-refractivity contribution >= 4 is 50.2 Å². The smallest absolute Gasteiger partial charge is 0.284 e. The average molecular weight is 379 g/mol. The van der Waals surface area contributed by atoms with E-state index in [1.54, 1.807) is 30.0 Å². The van der Waals surface area contributed by atoms with Crippen molar-refractivity contribution in [3.63, 3.8) is 0 Å². The van der Waals surface area contributed by atoms with E-state index in [1.807, 2.05) is 30.5 Å². The predicted molar refractivity (Wildman–Crippen MR) is 99.5 cm³/mol. The van der Waals surface area contributed by atoms with Gasteiger partial charge in [-0.2, -0.15) is 12.8 Å². The second-order valence-electron chi connectivity index (χ2n) is 4.94. The predicted octanol–water partition coefficient (Wildman–Crippen LogP) is 3.23. The summed E-state index contributed by atoms with van der Waals surface area (Å²) in [6, 6.07) is 14.2. The molecule has 0 aliphatic carbocycles. The molecule has 8 heteroatoms. The van der Waals surface area contributed by atoms with Crippen LogP contribution in [0.5, 0.6) is 0 Å². The molecule has 1 N–H and O–H groups in total. The molecule has 0 saturated carbocycles. The average Bonchev–Trinajstić information content (AvgIpc) is 2.84. The number of fused-ring (bicyclic) bond motifs is 1. The molecule has 1 aliphatic heterocycles. The van der Waals surface area contributed by atoms with Crippen molar-refractivity contribution in [1.82, 2.24) is 0 Å². The molecule has 3 rings (SSSR count). The molecule has 0 radical (unpaired) electrons. The third kappa shape index (κ3) is 3.66. The van der Waals surface area contributed by atoms with E-state index in [2.05, 4.69) is 9.71 Å². The number of sulfonamides is 1. The molecule has 1 heterocycles. The van der Waals surface area contributed by atoms with E-state index in [-0.39, 0.29) is 16.6 Å². The van der Waals surface area contributed by atoms with E-state index in [0.29, 0.717) is 16.3 Å². The Kier molecular flexibility index (Phi) is 4.98. The Hall–Kier alpha value is -1.77. The van der Waals surface area contributed by atoms with Gasteiger partial charge < -0.3 is 5.32 Å². The van der Waals surface area contributed by atoms with Crippen molar-refractivity contribution in [3.05, 3.63) is 54.1 Å². The Balaban J connectivity index is 1.67. The van der Waals surface area contributed by atoms with Gasteiger partial charge in [-0.15, -0.1) is 11.8 Å². The number of hydrogen-bond acceptors (Lipinski definition) is 5. The van der Waals surface area contributed by atoms with Gasteiger partial charge in [0.25, 0.3) is 10.0 Å². The van der Waals surface area contributed by atoms with Crippen LogP contribution in [0.25, 0.3) is 0 Å². The highest BCUT2D eigenvalue weighted by Gasteiger charge is 2.28. The lowest BCUT2D eigenvalue weighted by atomic mass is 10.2. The van der Waals surface area contributed by atoms with Crippen LogP contribution in [-0.4, -0.2) is 31.4 Å². The number of nitrogens with one attached hydrogen (secondary N) is 1. The minimum atomic E-state index is -3.64. The maximum atomic E-state index is 12.1. The van der Waals surface area contributed by atoms with Crippen molar-refractivity contribution in [1.29, 1.82) is 0 Å². The second kappa shape index (κ2) is 7.00. The molecular weight excluding hydrogens is 364 g/mol.